The van der Waals surface area contributed by atoms with Crippen molar-refractivity contribution in [3.8, 4) is 0 Å². The van der Waals surface area contributed by atoms with Crippen LogP contribution in [-0.2, 0) is 16.1 Å². The molecule has 1 unspecified atom stereocenters. The molecule has 0 bridgehead atoms. The second kappa shape index (κ2) is 6.52. The van der Waals surface area contributed by atoms with E-state index in [1.54, 1.807) is 18.2 Å². The van der Waals surface area contributed by atoms with Crippen LogP contribution in [0.3, 0.4) is 0 Å². The summed E-state index contributed by atoms with van der Waals surface area (Å²) in [6.07, 6.45) is -0.206. The molecule has 0 aliphatic carbocycles. The Kier molecular flexibility index (Phi) is 4.28. The Morgan fingerprint density at radius 2 is 1.83 bits per heavy atom. The van der Waals surface area contributed by atoms with E-state index in [0.717, 1.165) is 5.56 Å². The van der Waals surface area contributed by atoms with Crippen molar-refractivity contribution in [2.24, 2.45) is 0 Å². The SMILES string of the molecule is CC(OC(=O)CCn1c(=O)oc2ccccc21)c1ccccc1. The van der Waals surface area contributed by atoms with Crippen LogP contribution in [0, 0.1) is 0 Å². The molecule has 23 heavy (non-hydrogen) atoms. The highest BCUT2D eigenvalue weighted by Crippen LogP contribution is 2.17. The van der Waals surface area contributed by atoms with Gasteiger partial charge in [-0.25, -0.2) is 4.79 Å². The van der Waals surface area contributed by atoms with Crippen molar-refractivity contribution in [2.45, 2.75) is 26.0 Å². The minimum absolute atomic E-state index is 0.112. The first-order valence-electron chi connectivity index (χ1n) is 7.48. The van der Waals surface area contributed by atoms with E-state index in [2.05, 4.69) is 0 Å². The molecular formula is C18H17NO4. The highest BCUT2D eigenvalue weighted by Gasteiger charge is 2.14. The molecule has 1 heterocycles. The van der Waals surface area contributed by atoms with Gasteiger partial charge in [0.25, 0.3) is 0 Å². The predicted molar refractivity (Wildman–Crippen MR) is 86.0 cm³/mol. The molecule has 0 radical (unpaired) electrons. The number of benzene rings is 2. The van der Waals surface area contributed by atoms with Gasteiger partial charge in [0.15, 0.2) is 5.58 Å². The molecule has 0 aliphatic rings. The Bertz CT molecular complexity index is 863. The summed E-state index contributed by atoms with van der Waals surface area (Å²) < 4.78 is 12.0. The van der Waals surface area contributed by atoms with Gasteiger partial charge in [-0.2, -0.15) is 0 Å². The van der Waals surface area contributed by atoms with Crippen LogP contribution in [0.2, 0.25) is 0 Å². The molecule has 0 spiro atoms. The average Bonchev–Trinajstić information content (AvgIpc) is 2.89. The molecule has 3 aromatic rings. The number of hydrogen-bond acceptors (Lipinski definition) is 4. The molecule has 0 N–H and O–H groups in total. The maximum Gasteiger partial charge on any atom is 0.419 e. The van der Waals surface area contributed by atoms with Crippen molar-refractivity contribution in [3.63, 3.8) is 0 Å². The number of carbonyl (C=O) groups excluding carboxylic acids is 1. The van der Waals surface area contributed by atoms with Crippen molar-refractivity contribution in [3.05, 3.63) is 70.7 Å². The van der Waals surface area contributed by atoms with Gasteiger partial charge in [-0.05, 0) is 24.6 Å². The topological polar surface area (TPSA) is 61.4 Å². The van der Waals surface area contributed by atoms with E-state index >= 15 is 0 Å². The fraction of sp³-hybridized carbons (Fsp3) is 0.222. The van der Waals surface area contributed by atoms with Crippen LogP contribution >= 0.6 is 0 Å². The zero-order valence-corrected chi connectivity index (χ0v) is 12.8. The zero-order chi connectivity index (χ0) is 16.2. The number of carbonyl (C=O) groups is 1. The number of hydrogen-bond donors (Lipinski definition) is 0. The lowest BCUT2D eigenvalue weighted by Crippen LogP contribution is -2.18. The standard InChI is InChI=1S/C18H17NO4/c1-13(14-7-3-2-4-8-14)22-17(20)11-12-19-15-9-5-6-10-16(15)23-18(19)21/h2-10,13H,11-12H2,1H3. The quantitative estimate of drug-likeness (QED) is 0.678. The van der Waals surface area contributed by atoms with Gasteiger partial charge in [0.2, 0.25) is 0 Å². The summed E-state index contributed by atoms with van der Waals surface area (Å²) in [7, 11) is 0. The van der Waals surface area contributed by atoms with Crippen LogP contribution in [0.5, 0.6) is 0 Å². The molecule has 0 saturated heterocycles. The monoisotopic (exact) mass is 311 g/mol. The average molecular weight is 311 g/mol. The number of nitrogens with zero attached hydrogens (tertiary/aromatic N) is 1. The number of aromatic nitrogens is 1. The number of esters is 1. The lowest BCUT2D eigenvalue weighted by atomic mass is 10.1. The van der Waals surface area contributed by atoms with E-state index < -0.39 is 5.76 Å². The minimum Gasteiger partial charge on any atom is -0.458 e. The molecule has 0 saturated carbocycles. The number of oxazole rings is 1. The van der Waals surface area contributed by atoms with Gasteiger partial charge < -0.3 is 9.15 Å². The molecule has 0 amide bonds. The summed E-state index contributed by atoms with van der Waals surface area (Å²) in [6, 6.07) is 16.7. The van der Waals surface area contributed by atoms with E-state index in [1.807, 2.05) is 43.3 Å². The van der Waals surface area contributed by atoms with Crippen LogP contribution in [-0.4, -0.2) is 10.5 Å². The summed E-state index contributed by atoms with van der Waals surface area (Å²) >= 11 is 0. The van der Waals surface area contributed by atoms with E-state index in [-0.39, 0.29) is 25.0 Å². The second-order valence-electron chi connectivity index (χ2n) is 5.28. The molecule has 5 nitrogen and oxygen atoms in total. The third kappa shape index (κ3) is 3.34. The van der Waals surface area contributed by atoms with Crippen LogP contribution in [0.4, 0.5) is 0 Å². The van der Waals surface area contributed by atoms with Crippen molar-refractivity contribution >= 4 is 17.1 Å². The Morgan fingerprint density at radius 3 is 2.61 bits per heavy atom. The van der Waals surface area contributed by atoms with E-state index in [4.69, 9.17) is 9.15 Å². The minimum atomic E-state index is -0.463. The highest BCUT2D eigenvalue weighted by atomic mass is 16.5. The van der Waals surface area contributed by atoms with Crippen LogP contribution in [0.25, 0.3) is 11.1 Å². The summed E-state index contributed by atoms with van der Waals surface area (Å²) in [4.78, 5) is 23.8. The number of ether oxygens (including phenoxy) is 1. The van der Waals surface area contributed by atoms with Gasteiger partial charge >= 0.3 is 11.7 Å². The van der Waals surface area contributed by atoms with Gasteiger partial charge in [-0.3, -0.25) is 9.36 Å². The molecule has 3 rings (SSSR count). The lowest BCUT2D eigenvalue weighted by molar-refractivity contribution is -0.148. The molecular weight excluding hydrogens is 294 g/mol. The second-order valence-corrected chi connectivity index (χ2v) is 5.28. The smallest absolute Gasteiger partial charge is 0.419 e. The first kappa shape index (κ1) is 15.1. The molecule has 118 valence electrons. The molecule has 0 fully saturated rings. The van der Waals surface area contributed by atoms with Crippen LogP contribution in [0.1, 0.15) is 25.0 Å². The van der Waals surface area contributed by atoms with Gasteiger partial charge in [0, 0.05) is 6.54 Å². The first-order chi connectivity index (χ1) is 11.1. The maximum absolute atomic E-state index is 12.0. The summed E-state index contributed by atoms with van der Waals surface area (Å²) in [5.41, 5.74) is 2.14. The Balaban J connectivity index is 1.65. The van der Waals surface area contributed by atoms with Crippen LogP contribution in [0.15, 0.2) is 63.8 Å². The lowest BCUT2D eigenvalue weighted by Gasteiger charge is -2.13. The molecule has 1 atom stereocenters. The number of rotatable bonds is 5. The van der Waals surface area contributed by atoms with Crippen molar-refractivity contribution < 1.29 is 13.9 Å². The summed E-state index contributed by atoms with van der Waals surface area (Å²) in [5.74, 6) is -0.811. The van der Waals surface area contributed by atoms with Crippen LogP contribution < -0.4 is 5.76 Å². The maximum atomic E-state index is 12.0. The van der Waals surface area contributed by atoms with Crippen molar-refractivity contribution in [1.29, 1.82) is 0 Å². The summed E-state index contributed by atoms with van der Waals surface area (Å²) in [5, 5.41) is 0. The van der Waals surface area contributed by atoms with E-state index in [9.17, 15) is 9.59 Å². The highest BCUT2D eigenvalue weighted by molar-refractivity contribution is 5.73. The molecule has 5 heteroatoms. The third-order valence-electron chi connectivity index (χ3n) is 3.69. The zero-order valence-electron chi connectivity index (χ0n) is 12.8. The van der Waals surface area contributed by atoms with Gasteiger partial charge in [0.05, 0.1) is 11.9 Å². The van der Waals surface area contributed by atoms with E-state index in [1.165, 1.54) is 4.57 Å². The Hall–Kier alpha value is -2.82. The summed E-state index contributed by atoms with van der Waals surface area (Å²) in [6.45, 7) is 2.06. The first-order valence-corrected chi connectivity index (χ1v) is 7.48. The number of aryl methyl sites for hydroxylation is 1. The predicted octanol–water partition coefficient (Wildman–Crippen LogP) is 3.29. The largest absolute Gasteiger partial charge is 0.458 e. The number of fused-ring (bicyclic) bond motifs is 1. The number of para-hydroxylation sites is 2. The molecule has 0 aliphatic heterocycles. The third-order valence-corrected chi connectivity index (χ3v) is 3.69. The Labute approximate surface area is 133 Å². The van der Waals surface area contributed by atoms with Gasteiger partial charge in [-0.15, -0.1) is 0 Å². The Morgan fingerprint density at radius 1 is 1.13 bits per heavy atom. The molecule has 1 aromatic heterocycles. The van der Waals surface area contributed by atoms with Crippen molar-refractivity contribution in [1.82, 2.24) is 4.57 Å². The van der Waals surface area contributed by atoms with Gasteiger partial charge in [0.1, 0.15) is 6.10 Å². The van der Waals surface area contributed by atoms with Gasteiger partial charge in [-0.1, -0.05) is 42.5 Å². The molecule has 2 aromatic carbocycles. The fourth-order valence-electron chi connectivity index (χ4n) is 2.48. The van der Waals surface area contributed by atoms with Crippen molar-refractivity contribution in [2.75, 3.05) is 0 Å². The normalized spacial score (nSPS) is 12.2. The fourth-order valence-corrected chi connectivity index (χ4v) is 2.48. The van der Waals surface area contributed by atoms with E-state index in [0.29, 0.717) is 11.1 Å².